The number of hydrogen-bond acceptors (Lipinski definition) is 5. The van der Waals surface area contributed by atoms with Gasteiger partial charge in [0.2, 0.25) is 5.82 Å². The summed E-state index contributed by atoms with van der Waals surface area (Å²) in [6.07, 6.45) is 8.39. The van der Waals surface area contributed by atoms with Crippen LogP contribution in [0.15, 0.2) is 18.3 Å². The highest BCUT2D eigenvalue weighted by atomic mass is 15.5. The fourth-order valence-electron chi connectivity index (χ4n) is 3.18. The third-order valence-corrected chi connectivity index (χ3v) is 4.22. The van der Waals surface area contributed by atoms with Crippen LogP contribution in [0, 0.1) is 5.92 Å². The van der Waals surface area contributed by atoms with Gasteiger partial charge in [0.25, 0.3) is 0 Å². The fourth-order valence-corrected chi connectivity index (χ4v) is 3.18. The van der Waals surface area contributed by atoms with Gasteiger partial charge < -0.3 is 0 Å². The number of aromatic amines is 1. The highest BCUT2D eigenvalue weighted by Crippen LogP contribution is 2.28. The van der Waals surface area contributed by atoms with E-state index in [2.05, 4.69) is 25.6 Å². The summed E-state index contributed by atoms with van der Waals surface area (Å²) in [4.78, 5) is 4.49. The van der Waals surface area contributed by atoms with E-state index in [1.807, 2.05) is 16.8 Å². The van der Waals surface area contributed by atoms with E-state index >= 15 is 0 Å². The first-order chi connectivity index (χ1) is 10.4. The Balaban J connectivity index is 1.75. The van der Waals surface area contributed by atoms with E-state index < -0.39 is 0 Å². The molecule has 0 atom stereocenters. The SMILES string of the molecule is c1cnc2c(c1)c(-c1nn[nH]n1)nn2CC1CCCCC1. The second-order valence-electron chi connectivity index (χ2n) is 5.64. The standard InChI is InChI=1S/C14H17N7/c1-2-5-10(6-3-1)9-21-14-11(7-4-8-15-14)12(18-21)13-16-19-20-17-13/h4,7-8,10H,1-3,5-6,9H2,(H,16,17,19,20). The Hall–Kier alpha value is -2.31. The number of H-pyrrole nitrogens is 1. The molecule has 0 aliphatic heterocycles. The molecule has 3 aromatic rings. The molecule has 0 amide bonds. The minimum absolute atomic E-state index is 0.524. The molecule has 1 saturated carbocycles. The molecule has 0 saturated heterocycles. The average molecular weight is 283 g/mol. The van der Waals surface area contributed by atoms with Crippen LogP contribution in [0.4, 0.5) is 0 Å². The second kappa shape index (κ2) is 5.23. The van der Waals surface area contributed by atoms with Crippen LogP contribution in [0.1, 0.15) is 32.1 Å². The van der Waals surface area contributed by atoms with Crippen molar-refractivity contribution < 1.29 is 0 Å². The molecule has 3 aromatic heterocycles. The second-order valence-corrected chi connectivity index (χ2v) is 5.64. The van der Waals surface area contributed by atoms with Crippen molar-refractivity contribution in [3.05, 3.63) is 18.3 Å². The highest BCUT2D eigenvalue weighted by Gasteiger charge is 2.20. The third-order valence-electron chi connectivity index (χ3n) is 4.22. The van der Waals surface area contributed by atoms with Crippen LogP contribution in [0.25, 0.3) is 22.6 Å². The smallest absolute Gasteiger partial charge is 0.225 e. The predicted octanol–water partition coefficient (Wildman–Crippen LogP) is 2.19. The summed E-state index contributed by atoms with van der Waals surface area (Å²) in [5, 5.41) is 19.9. The lowest BCUT2D eigenvalue weighted by molar-refractivity contribution is 0.311. The summed E-state index contributed by atoms with van der Waals surface area (Å²) in [7, 11) is 0. The molecule has 1 aliphatic rings. The quantitative estimate of drug-likeness (QED) is 0.796. The van der Waals surface area contributed by atoms with E-state index in [0.29, 0.717) is 11.7 Å². The Labute approximate surface area is 121 Å². The number of rotatable bonds is 3. The molecule has 7 nitrogen and oxygen atoms in total. The van der Waals surface area contributed by atoms with Crippen LogP contribution < -0.4 is 0 Å². The van der Waals surface area contributed by atoms with Gasteiger partial charge in [-0.2, -0.15) is 10.3 Å². The maximum atomic E-state index is 4.70. The Morgan fingerprint density at radius 1 is 1.24 bits per heavy atom. The molecule has 0 unspecified atom stereocenters. The van der Waals surface area contributed by atoms with Gasteiger partial charge in [-0.05, 0) is 36.1 Å². The lowest BCUT2D eigenvalue weighted by Gasteiger charge is -2.21. The molecule has 0 radical (unpaired) electrons. The largest absolute Gasteiger partial charge is 0.246 e. The molecule has 4 rings (SSSR count). The Bertz CT molecular complexity index is 725. The van der Waals surface area contributed by atoms with E-state index in [0.717, 1.165) is 23.3 Å². The van der Waals surface area contributed by atoms with Crippen LogP contribution in [0.2, 0.25) is 0 Å². The normalized spacial score (nSPS) is 16.6. The molecule has 0 bridgehead atoms. The van der Waals surface area contributed by atoms with Gasteiger partial charge >= 0.3 is 0 Å². The number of tetrazole rings is 1. The molecule has 1 fully saturated rings. The number of hydrogen-bond donors (Lipinski definition) is 1. The van der Waals surface area contributed by atoms with E-state index in [9.17, 15) is 0 Å². The molecule has 21 heavy (non-hydrogen) atoms. The van der Waals surface area contributed by atoms with E-state index in [1.54, 1.807) is 6.20 Å². The molecule has 3 heterocycles. The molecule has 0 spiro atoms. The number of nitrogens with one attached hydrogen (secondary N) is 1. The van der Waals surface area contributed by atoms with Crippen LogP contribution in [0.5, 0.6) is 0 Å². The number of fused-ring (bicyclic) bond motifs is 1. The first kappa shape index (κ1) is 12.4. The molecule has 1 aliphatic carbocycles. The number of pyridine rings is 1. The minimum atomic E-state index is 0.524. The lowest BCUT2D eigenvalue weighted by Crippen LogP contribution is -2.15. The zero-order chi connectivity index (χ0) is 14.1. The zero-order valence-corrected chi connectivity index (χ0v) is 11.7. The van der Waals surface area contributed by atoms with Crippen LogP contribution >= 0.6 is 0 Å². The summed E-state index contributed by atoms with van der Waals surface area (Å²) < 4.78 is 2.01. The van der Waals surface area contributed by atoms with E-state index in [-0.39, 0.29) is 0 Å². The van der Waals surface area contributed by atoms with Crippen molar-refractivity contribution in [3.8, 4) is 11.5 Å². The van der Waals surface area contributed by atoms with Crippen molar-refractivity contribution in [2.24, 2.45) is 5.92 Å². The van der Waals surface area contributed by atoms with Crippen LogP contribution in [-0.2, 0) is 6.54 Å². The summed E-state index contributed by atoms with van der Waals surface area (Å²) in [5.74, 6) is 1.22. The van der Waals surface area contributed by atoms with Crippen molar-refractivity contribution in [2.75, 3.05) is 0 Å². The molecule has 0 aromatic carbocycles. The van der Waals surface area contributed by atoms with Gasteiger partial charge in [-0.15, -0.1) is 10.2 Å². The predicted molar refractivity (Wildman–Crippen MR) is 77.3 cm³/mol. The highest BCUT2D eigenvalue weighted by molar-refractivity contribution is 5.88. The van der Waals surface area contributed by atoms with Crippen molar-refractivity contribution in [1.29, 1.82) is 0 Å². The third kappa shape index (κ3) is 2.28. The molecule has 108 valence electrons. The maximum Gasteiger partial charge on any atom is 0.225 e. The summed E-state index contributed by atoms with van der Waals surface area (Å²) in [6, 6.07) is 3.93. The van der Waals surface area contributed by atoms with E-state index in [4.69, 9.17) is 5.10 Å². The zero-order valence-electron chi connectivity index (χ0n) is 11.7. The Morgan fingerprint density at radius 3 is 2.95 bits per heavy atom. The molecular weight excluding hydrogens is 266 g/mol. The fraction of sp³-hybridized carbons (Fsp3) is 0.500. The number of nitrogens with zero attached hydrogens (tertiary/aromatic N) is 6. The van der Waals surface area contributed by atoms with Gasteiger partial charge in [-0.25, -0.2) is 9.67 Å². The summed E-state index contributed by atoms with van der Waals surface area (Å²) in [5.41, 5.74) is 1.66. The molecule has 7 heteroatoms. The topological polar surface area (TPSA) is 85.2 Å². The van der Waals surface area contributed by atoms with Gasteiger partial charge in [0.05, 0.1) is 5.39 Å². The Kier molecular flexibility index (Phi) is 3.10. The lowest BCUT2D eigenvalue weighted by atomic mass is 9.89. The van der Waals surface area contributed by atoms with Crippen molar-refractivity contribution in [3.63, 3.8) is 0 Å². The molecule has 1 N–H and O–H groups in total. The van der Waals surface area contributed by atoms with Gasteiger partial charge in [-0.1, -0.05) is 19.3 Å². The minimum Gasteiger partial charge on any atom is -0.246 e. The first-order valence-electron chi connectivity index (χ1n) is 7.47. The number of aromatic nitrogens is 7. The van der Waals surface area contributed by atoms with Crippen molar-refractivity contribution in [1.82, 2.24) is 35.4 Å². The average Bonchev–Trinajstić information content (AvgIpc) is 3.17. The monoisotopic (exact) mass is 283 g/mol. The van der Waals surface area contributed by atoms with E-state index in [1.165, 1.54) is 32.1 Å². The summed E-state index contributed by atoms with van der Waals surface area (Å²) in [6.45, 7) is 0.922. The first-order valence-corrected chi connectivity index (χ1v) is 7.47. The molecular formula is C14H17N7. The Morgan fingerprint density at radius 2 is 2.14 bits per heavy atom. The van der Waals surface area contributed by atoms with Crippen molar-refractivity contribution in [2.45, 2.75) is 38.6 Å². The van der Waals surface area contributed by atoms with Crippen LogP contribution in [0.3, 0.4) is 0 Å². The summed E-state index contributed by atoms with van der Waals surface area (Å²) >= 11 is 0. The van der Waals surface area contributed by atoms with Gasteiger partial charge in [-0.3, -0.25) is 0 Å². The van der Waals surface area contributed by atoms with Crippen LogP contribution in [-0.4, -0.2) is 35.4 Å². The van der Waals surface area contributed by atoms with Gasteiger partial charge in [0.15, 0.2) is 5.65 Å². The van der Waals surface area contributed by atoms with Gasteiger partial charge in [0, 0.05) is 12.7 Å². The van der Waals surface area contributed by atoms with Gasteiger partial charge in [0.1, 0.15) is 5.69 Å². The van der Waals surface area contributed by atoms with Crippen molar-refractivity contribution >= 4 is 11.0 Å². The maximum absolute atomic E-state index is 4.70.